The van der Waals surface area contributed by atoms with Gasteiger partial charge in [0, 0.05) is 12.6 Å². The summed E-state index contributed by atoms with van der Waals surface area (Å²) >= 11 is 0. The fourth-order valence-corrected chi connectivity index (χ4v) is 3.17. The Morgan fingerprint density at radius 2 is 1.94 bits per heavy atom. The second kappa shape index (κ2) is 4.63. The third kappa shape index (κ3) is 2.35. The van der Waals surface area contributed by atoms with E-state index < -0.39 is 0 Å². The van der Waals surface area contributed by atoms with Crippen molar-refractivity contribution in [3.05, 3.63) is 35.9 Å². The second-order valence-corrected chi connectivity index (χ2v) is 5.64. The summed E-state index contributed by atoms with van der Waals surface area (Å²) in [4.78, 5) is 11.8. The van der Waals surface area contributed by atoms with Crippen LogP contribution in [-0.4, -0.2) is 12.1 Å². The molecule has 96 valence electrons. The maximum atomic E-state index is 11.8. The minimum atomic E-state index is -0.0207. The first kappa shape index (κ1) is 11.6. The van der Waals surface area contributed by atoms with E-state index in [0.717, 1.165) is 5.56 Å². The molecule has 0 aromatic heterocycles. The molecule has 2 aliphatic carbocycles. The van der Waals surface area contributed by atoms with Crippen molar-refractivity contribution in [1.29, 1.82) is 0 Å². The molecule has 3 nitrogen and oxygen atoms in total. The number of amides is 2. The summed E-state index contributed by atoms with van der Waals surface area (Å²) in [6, 6.07) is 10.4. The summed E-state index contributed by atoms with van der Waals surface area (Å²) in [6.45, 7) is 0.604. The Hall–Kier alpha value is -1.51. The van der Waals surface area contributed by atoms with Gasteiger partial charge in [-0.05, 0) is 30.2 Å². The zero-order chi connectivity index (χ0) is 12.4. The van der Waals surface area contributed by atoms with E-state index in [1.165, 1.54) is 32.1 Å². The van der Waals surface area contributed by atoms with Crippen LogP contribution in [0.2, 0.25) is 0 Å². The highest BCUT2D eigenvalue weighted by Crippen LogP contribution is 2.57. The van der Waals surface area contributed by atoms with Gasteiger partial charge < -0.3 is 10.6 Å². The van der Waals surface area contributed by atoms with Crippen LogP contribution in [0.25, 0.3) is 0 Å². The zero-order valence-electron chi connectivity index (χ0n) is 10.6. The van der Waals surface area contributed by atoms with Gasteiger partial charge in [-0.15, -0.1) is 0 Å². The summed E-state index contributed by atoms with van der Waals surface area (Å²) in [6.07, 6.45) is 6.46. The van der Waals surface area contributed by atoms with E-state index in [1.54, 1.807) is 0 Å². The zero-order valence-corrected chi connectivity index (χ0v) is 10.6. The van der Waals surface area contributed by atoms with Crippen LogP contribution in [-0.2, 0) is 6.54 Å². The lowest BCUT2D eigenvalue weighted by Crippen LogP contribution is -2.38. The lowest BCUT2D eigenvalue weighted by atomic mass is 10.1. The van der Waals surface area contributed by atoms with Gasteiger partial charge in [0.1, 0.15) is 0 Å². The Bertz CT molecular complexity index is 423. The van der Waals surface area contributed by atoms with Crippen LogP contribution < -0.4 is 10.6 Å². The SMILES string of the molecule is O=C(NCc1ccccc1)NC1CC12CCCC2. The van der Waals surface area contributed by atoms with Crippen LogP contribution in [0.3, 0.4) is 0 Å². The Morgan fingerprint density at radius 3 is 2.67 bits per heavy atom. The molecule has 1 aromatic rings. The van der Waals surface area contributed by atoms with Gasteiger partial charge in [-0.1, -0.05) is 43.2 Å². The molecule has 2 N–H and O–H groups in total. The van der Waals surface area contributed by atoms with Gasteiger partial charge >= 0.3 is 6.03 Å². The molecule has 2 fully saturated rings. The minimum absolute atomic E-state index is 0.0207. The first-order valence-electron chi connectivity index (χ1n) is 6.87. The monoisotopic (exact) mass is 244 g/mol. The molecule has 1 aromatic carbocycles. The quantitative estimate of drug-likeness (QED) is 0.843. The molecular formula is C15H20N2O. The minimum Gasteiger partial charge on any atom is -0.335 e. The Labute approximate surface area is 108 Å². The first-order chi connectivity index (χ1) is 8.78. The number of hydrogen-bond donors (Lipinski definition) is 2. The van der Waals surface area contributed by atoms with E-state index in [4.69, 9.17) is 0 Å². The molecule has 0 radical (unpaired) electrons. The molecule has 1 atom stereocenters. The maximum Gasteiger partial charge on any atom is 0.315 e. The van der Waals surface area contributed by atoms with Gasteiger partial charge in [0.05, 0.1) is 0 Å². The average molecular weight is 244 g/mol. The van der Waals surface area contributed by atoms with Crippen LogP contribution in [0, 0.1) is 5.41 Å². The third-order valence-electron chi connectivity index (χ3n) is 4.39. The largest absolute Gasteiger partial charge is 0.335 e. The molecule has 3 rings (SSSR count). The highest BCUT2D eigenvalue weighted by Gasteiger charge is 2.55. The van der Waals surface area contributed by atoms with Crippen LogP contribution in [0.5, 0.6) is 0 Å². The molecule has 1 spiro atoms. The number of urea groups is 1. The van der Waals surface area contributed by atoms with E-state index in [2.05, 4.69) is 10.6 Å². The molecule has 0 saturated heterocycles. The summed E-state index contributed by atoms with van der Waals surface area (Å²) in [5.41, 5.74) is 1.61. The summed E-state index contributed by atoms with van der Waals surface area (Å²) < 4.78 is 0. The van der Waals surface area contributed by atoms with Crippen molar-refractivity contribution < 1.29 is 4.79 Å². The van der Waals surface area contributed by atoms with Crippen LogP contribution >= 0.6 is 0 Å². The molecule has 1 unspecified atom stereocenters. The Kier molecular flexibility index (Phi) is 2.98. The van der Waals surface area contributed by atoms with Crippen molar-refractivity contribution in [3.8, 4) is 0 Å². The number of rotatable bonds is 3. The lowest BCUT2D eigenvalue weighted by Gasteiger charge is -2.11. The van der Waals surface area contributed by atoms with Crippen molar-refractivity contribution in [2.24, 2.45) is 5.41 Å². The van der Waals surface area contributed by atoms with Gasteiger partial charge in [0.25, 0.3) is 0 Å². The van der Waals surface area contributed by atoms with Crippen molar-refractivity contribution in [2.75, 3.05) is 0 Å². The van der Waals surface area contributed by atoms with Crippen molar-refractivity contribution in [1.82, 2.24) is 10.6 Å². The van der Waals surface area contributed by atoms with Gasteiger partial charge in [0.15, 0.2) is 0 Å². The topological polar surface area (TPSA) is 41.1 Å². The molecule has 2 saturated carbocycles. The summed E-state index contributed by atoms with van der Waals surface area (Å²) in [5, 5.41) is 6.03. The van der Waals surface area contributed by atoms with Crippen molar-refractivity contribution in [3.63, 3.8) is 0 Å². The number of carbonyl (C=O) groups excluding carboxylic acids is 1. The molecular weight excluding hydrogens is 224 g/mol. The number of hydrogen-bond acceptors (Lipinski definition) is 1. The fourth-order valence-electron chi connectivity index (χ4n) is 3.17. The first-order valence-corrected chi connectivity index (χ1v) is 6.87. The summed E-state index contributed by atoms with van der Waals surface area (Å²) in [5.74, 6) is 0. The standard InChI is InChI=1S/C15H20N2O/c18-14(16-11-12-6-2-1-3-7-12)17-13-10-15(13)8-4-5-9-15/h1-3,6-7,13H,4-5,8-11H2,(H2,16,17,18). The smallest absolute Gasteiger partial charge is 0.315 e. The number of benzene rings is 1. The fraction of sp³-hybridized carbons (Fsp3) is 0.533. The lowest BCUT2D eigenvalue weighted by molar-refractivity contribution is 0.238. The molecule has 0 aliphatic heterocycles. The third-order valence-corrected chi connectivity index (χ3v) is 4.39. The molecule has 0 bridgehead atoms. The van der Waals surface area contributed by atoms with Crippen LogP contribution in [0.4, 0.5) is 4.79 Å². The predicted octanol–water partition coefficient (Wildman–Crippen LogP) is 2.82. The highest BCUT2D eigenvalue weighted by atomic mass is 16.2. The molecule has 3 heteroatoms. The molecule has 0 heterocycles. The van der Waals surface area contributed by atoms with E-state index in [9.17, 15) is 4.79 Å². The predicted molar refractivity (Wildman–Crippen MR) is 71.1 cm³/mol. The maximum absolute atomic E-state index is 11.8. The van der Waals surface area contributed by atoms with Gasteiger partial charge in [-0.2, -0.15) is 0 Å². The van der Waals surface area contributed by atoms with Crippen molar-refractivity contribution >= 4 is 6.03 Å². The molecule has 18 heavy (non-hydrogen) atoms. The van der Waals surface area contributed by atoms with Crippen molar-refractivity contribution in [2.45, 2.75) is 44.7 Å². The van der Waals surface area contributed by atoms with Gasteiger partial charge in [0.2, 0.25) is 0 Å². The van der Waals surface area contributed by atoms with E-state index in [-0.39, 0.29) is 6.03 Å². The van der Waals surface area contributed by atoms with Gasteiger partial charge in [-0.3, -0.25) is 0 Å². The van der Waals surface area contributed by atoms with Crippen LogP contribution in [0.1, 0.15) is 37.7 Å². The van der Waals surface area contributed by atoms with E-state index in [0.29, 0.717) is 18.0 Å². The average Bonchev–Trinajstić information content (AvgIpc) is 2.84. The second-order valence-electron chi connectivity index (χ2n) is 5.64. The van der Waals surface area contributed by atoms with E-state index >= 15 is 0 Å². The Balaban J connectivity index is 1.43. The van der Waals surface area contributed by atoms with E-state index in [1.807, 2.05) is 30.3 Å². The highest BCUT2D eigenvalue weighted by molar-refractivity contribution is 5.74. The Morgan fingerprint density at radius 1 is 1.22 bits per heavy atom. The van der Waals surface area contributed by atoms with Gasteiger partial charge in [-0.25, -0.2) is 4.79 Å². The number of carbonyl (C=O) groups is 1. The normalized spacial score (nSPS) is 23.9. The molecule has 2 aliphatic rings. The summed E-state index contributed by atoms with van der Waals surface area (Å²) in [7, 11) is 0. The number of nitrogens with one attached hydrogen (secondary N) is 2. The molecule has 2 amide bonds. The van der Waals surface area contributed by atoms with Crippen LogP contribution in [0.15, 0.2) is 30.3 Å².